The van der Waals surface area contributed by atoms with E-state index in [-0.39, 0.29) is 23.9 Å². The summed E-state index contributed by atoms with van der Waals surface area (Å²) in [5.41, 5.74) is 0. The lowest BCUT2D eigenvalue weighted by Crippen LogP contribution is -2.63. The summed E-state index contributed by atoms with van der Waals surface area (Å²) in [6, 6.07) is 3.60. The second kappa shape index (κ2) is 5.79. The maximum atomic E-state index is 12.7. The predicted octanol–water partition coefficient (Wildman–Crippen LogP) is 2.33. The van der Waals surface area contributed by atoms with E-state index in [1.165, 1.54) is 9.75 Å². The number of carbonyl (C=O) groups is 2. The zero-order valence-electron chi connectivity index (χ0n) is 12.6. The highest BCUT2D eigenvalue weighted by Crippen LogP contribution is 2.36. The van der Waals surface area contributed by atoms with Crippen LogP contribution in [-0.4, -0.2) is 28.8 Å². The Hall–Kier alpha value is -1.36. The largest absolute Gasteiger partial charge is 0.342 e. The molecular weight excluding hydrogens is 284 g/mol. The van der Waals surface area contributed by atoms with Gasteiger partial charge in [0.2, 0.25) is 11.8 Å². The Labute approximate surface area is 129 Å². The van der Waals surface area contributed by atoms with Crippen LogP contribution in [0.2, 0.25) is 0 Å². The topological polar surface area (TPSA) is 49.4 Å². The molecule has 1 aromatic heterocycles. The molecule has 4 nitrogen and oxygen atoms in total. The van der Waals surface area contributed by atoms with Crippen LogP contribution in [0.1, 0.15) is 42.9 Å². The number of thiophene rings is 1. The van der Waals surface area contributed by atoms with Crippen molar-refractivity contribution in [2.45, 2.75) is 58.2 Å². The molecule has 1 aliphatic carbocycles. The Morgan fingerprint density at radius 1 is 1.24 bits per heavy atom. The molecule has 0 radical (unpaired) electrons. The molecule has 1 aliphatic heterocycles. The lowest BCUT2D eigenvalue weighted by Gasteiger charge is -2.38. The maximum Gasteiger partial charge on any atom is 0.246 e. The highest BCUT2D eigenvalue weighted by atomic mass is 32.1. The van der Waals surface area contributed by atoms with E-state index in [0.717, 1.165) is 19.3 Å². The molecule has 3 rings (SSSR count). The van der Waals surface area contributed by atoms with Crippen molar-refractivity contribution >= 4 is 23.2 Å². The Morgan fingerprint density at radius 3 is 2.52 bits per heavy atom. The van der Waals surface area contributed by atoms with E-state index in [4.69, 9.17) is 0 Å². The molecule has 114 valence electrons. The lowest BCUT2D eigenvalue weighted by molar-refractivity contribution is -0.150. The minimum absolute atomic E-state index is 0.0151. The molecule has 2 aliphatic rings. The first-order valence-electron chi connectivity index (χ1n) is 7.82. The quantitative estimate of drug-likeness (QED) is 0.907. The van der Waals surface area contributed by atoms with Gasteiger partial charge >= 0.3 is 0 Å². The number of amides is 2. The van der Waals surface area contributed by atoms with Crippen LogP contribution in [0.3, 0.4) is 0 Å². The number of rotatable bonds is 5. The number of hydrogen-bond donors (Lipinski definition) is 1. The van der Waals surface area contributed by atoms with Crippen LogP contribution in [0.15, 0.2) is 12.1 Å². The number of nitrogens with zero attached hydrogens (tertiary/aromatic N) is 1. The number of nitrogens with one attached hydrogen (secondary N) is 1. The summed E-state index contributed by atoms with van der Waals surface area (Å²) in [5, 5.41) is 2.93. The van der Waals surface area contributed by atoms with Crippen molar-refractivity contribution in [1.29, 1.82) is 0 Å². The average molecular weight is 306 g/mol. The zero-order chi connectivity index (χ0) is 15.0. The van der Waals surface area contributed by atoms with Crippen molar-refractivity contribution in [3.05, 3.63) is 21.9 Å². The smallest absolute Gasteiger partial charge is 0.246 e. The van der Waals surface area contributed by atoms with Gasteiger partial charge in [0.05, 0.1) is 6.54 Å². The lowest BCUT2D eigenvalue weighted by atomic mass is 10.0. The van der Waals surface area contributed by atoms with Gasteiger partial charge in [-0.2, -0.15) is 0 Å². The molecule has 5 heteroatoms. The Kier molecular flexibility index (Phi) is 4.02. The zero-order valence-corrected chi connectivity index (χ0v) is 13.4. The molecule has 1 N–H and O–H groups in total. The molecule has 0 bridgehead atoms. The summed E-state index contributed by atoms with van der Waals surface area (Å²) in [6.45, 7) is 4.67. The van der Waals surface area contributed by atoms with Crippen molar-refractivity contribution in [2.75, 3.05) is 0 Å². The van der Waals surface area contributed by atoms with Gasteiger partial charge in [-0.05, 0) is 43.7 Å². The number of carbonyl (C=O) groups excluding carboxylic acids is 2. The normalized spacial score (nSPS) is 26.1. The van der Waals surface area contributed by atoms with Crippen LogP contribution in [0.4, 0.5) is 0 Å². The molecule has 2 atom stereocenters. The van der Waals surface area contributed by atoms with Gasteiger partial charge in [-0.25, -0.2) is 0 Å². The minimum Gasteiger partial charge on any atom is -0.342 e. The van der Waals surface area contributed by atoms with E-state index < -0.39 is 0 Å². The minimum atomic E-state index is -0.320. The first kappa shape index (κ1) is 14.6. The highest BCUT2D eigenvalue weighted by molar-refractivity contribution is 7.11. The van der Waals surface area contributed by atoms with E-state index in [2.05, 4.69) is 24.4 Å². The highest BCUT2D eigenvalue weighted by Gasteiger charge is 2.46. The molecule has 1 saturated carbocycles. The fourth-order valence-corrected chi connectivity index (χ4v) is 3.95. The fourth-order valence-electron chi connectivity index (χ4n) is 2.99. The van der Waals surface area contributed by atoms with E-state index in [0.29, 0.717) is 18.9 Å². The van der Waals surface area contributed by atoms with Gasteiger partial charge in [0.1, 0.15) is 12.1 Å². The van der Waals surface area contributed by atoms with Crippen molar-refractivity contribution in [1.82, 2.24) is 10.2 Å². The molecule has 1 saturated heterocycles. The summed E-state index contributed by atoms with van der Waals surface area (Å²) in [7, 11) is 0. The number of hydrogen-bond acceptors (Lipinski definition) is 3. The third kappa shape index (κ3) is 2.84. The summed E-state index contributed by atoms with van der Waals surface area (Å²) in [6.07, 6.45) is 3.79. The molecule has 0 aromatic carbocycles. The van der Waals surface area contributed by atoms with Gasteiger partial charge in [0, 0.05) is 9.75 Å². The van der Waals surface area contributed by atoms with Gasteiger partial charge in [-0.3, -0.25) is 9.59 Å². The van der Waals surface area contributed by atoms with E-state index in [1.54, 1.807) is 16.2 Å². The molecule has 1 aromatic rings. The van der Waals surface area contributed by atoms with Crippen molar-refractivity contribution < 1.29 is 9.59 Å². The monoisotopic (exact) mass is 306 g/mol. The molecule has 0 spiro atoms. The van der Waals surface area contributed by atoms with Crippen molar-refractivity contribution in [2.24, 2.45) is 5.92 Å². The second-order valence-electron chi connectivity index (χ2n) is 5.94. The Morgan fingerprint density at radius 2 is 1.95 bits per heavy atom. The van der Waals surface area contributed by atoms with Crippen LogP contribution in [-0.2, 0) is 22.6 Å². The molecule has 2 unspecified atom stereocenters. The molecular formula is C16H22N2O2S. The van der Waals surface area contributed by atoms with Crippen LogP contribution in [0.5, 0.6) is 0 Å². The van der Waals surface area contributed by atoms with Gasteiger partial charge in [-0.15, -0.1) is 11.3 Å². The van der Waals surface area contributed by atoms with Crippen molar-refractivity contribution in [3.8, 4) is 0 Å². The predicted molar refractivity (Wildman–Crippen MR) is 83.0 cm³/mol. The number of piperazine rings is 1. The van der Waals surface area contributed by atoms with Gasteiger partial charge in [-0.1, -0.05) is 13.8 Å². The summed E-state index contributed by atoms with van der Waals surface area (Å²) < 4.78 is 0. The van der Waals surface area contributed by atoms with Crippen molar-refractivity contribution in [3.63, 3.8) is 0 Å². The van der Waals surface area contributed by atoms with Crippen LogP contribution in [0.25, 0.3) is 0 Å². The Bertz CT molecular complexity index is 550. The Balaban J connectivity index is 1.80. The van der Waals surface area contributed by atoms with Gasteiger partial charge in [0.25, 0.3) is 0 Å². The van der Waals surface area contributed by atoms with Crippen LogP contribution in [0, 0.1) is 5.92 Å². The fraction of sp³-hybridized carbons (Fsp3) is 0.625. The van der Waals surface area contributed by atoms with E-state index in [1.807, 2.05) is 6.92 Å². The maximum absolute atomic E-state index is 12.7. The summed E-state index contributed by atoms with van der Waals surface area (Å²) >= 11 is 1.74. The third-order valence-corrected chi connectivity index (χ3v) is 5.61. The van der Waals surface area contributed by atoms with Crippen LogP contribution >= 0.6 is 11.3 Å². The van der Waals surface area contributed by atoms with E-state index >= 15 is 0 Å². The first-order chi connectivity index (χ1) is 10.1. The van der Waals surface area contributed by atoms with Gasteiger partial charge < -0.3 is 10.2 Å². The standard InChI is InChI=1S/C16H22N2O2S/c1-3-11-7-8-12(21-11)9-18-13(4-2)15(19)17-14(16(18)20)10-5-6-10/h7-8,10,13-14H,3-6,9H2,1-2H3,(H,17,19). The molecule has 2 heterocycles. The van der Waals surface area contributed by atoms with Crippen LogP contribution < -0.4 is 5.32 Å². The second-order valence-corrected chi connectivity index (χ2v) is 7.19. The molecule has 2 amide bonds. The third-order valence-electron chi connectivity index (χ3n) is 4.40. The number of aryl methyl sites for hydroxylation is 1. The van der Waals surface area contributed by atoms with Gasteiger partial charge in [0.15, 0.2) is 0 Å². The summed E-state index contributed by atoms with van der Waals surface area (Å²) in [4.78, 5) is 29.3. The molecule has 21 heavy (non-hydrogen) atoms. The average Bonchev–Trinajstić information content (AvgIpc) is 3.22. The summed E-state index contributed by atoms with van der Waals surface area (Å²) in [5.74, 6) is 0.480. The molecule has 2 fully saturated rings. The van der Waals surface area contributed by atoms with E-state index in [9.17, 15) is 9.59 Å². The SMILES string of the molecule is CCc1ccc(CN2C(=O)C(C3CC3)NC(=O)C2CC)s1. The first-order valence-corrected chi connectivity index (χ1v) is 8.64.